The largest absolute Gasteiger partial charge is 0.492 e. The van der Waals surface area contributed by atoms with Gasteiger partial charge in [0.2, 0.25) is 0 Å². The first kappa shape index (κ1) is 19.1. The summed E-state index contributed by atoms with van der Waals surface area (Å²) in [7, 11) is 0. The Morgan fingerprint density at radius 1 is 0.840 bits per heavy atom. The van der Waals surface area contributed by atoms with Crippen molar-refractivity contribution in [1.29, 1.82) is 0 Å². The Morgan fingerprint density at radius 3 is 2.28 bits per heavy atom. The van der Waals surface area contributed by atoms with E-state index in [1.807, 2.05) is 19.1 Å². The van der Waals surface area contributed by atoms with Gasteiger partial charge in [0, 0.05) is 5.56 Å². The Labute approximate surface area is 152 Å². The van der Waals surface area contributed by atoms with Gasteiger partial charge < -0.3 is 4.74 Å². The summed E-state index contributed by atoms with van der Waals surface area (Å²) in [5.74, 6) is 7.07. The average Bonchev–Trinajstić information content (AvgIpc) is 2.65. The van der Waals surface area contributed by atoms with E-state index in [4.69, 9.17) is 4.74 Å². The number of hydrogen-bond acceptors (Lipinski definition) is 2. The van der Waals surface area contributed by atoms with E-state index in [-0.39, 0.29) is 0 Å². The predicted octanol–water partition coefficient (Wildman–Crippen LogP) is 5.78. The fraction of sp³-hybridized carbons (Fsp3) is 0.435. The maximum Gasteiger partial charge on any atom is 0.137 e. The molecule has 1 heterocycles. The number of aryl methyl sites for hydroxylation is 1. The Hall–Kier alpha value is -2.27. The number of benzene rings is 1. The molecule has 0 aliphatic rings. The summed E-state index contributed by atoms with van der Waals surface area (Å²) in [6, 6.07) is 12.4. The number of pyridine rings is 1. The van der Waals surface area contributed by atoms with Crippen LogP contribution >= 0.6 is 0 Å². The normalized spacial score (nSPS) is 10.2. The number of hydrogen-bond donors (Lipinski definition) is 0. The van der Waals surface area contributed by atoms with E-state index < -0.39 is 0 Å². The first-order valence-corrected chi connectivity index (χ1v) is 9.51. The van der Waals surface area contributed by atoms with Gasteiger partial charge in [-0.2, -0.15) is 0 Å². The minimum Gasteiger partial charge on any atom is -0.492 e. The van der Waals surface area contributed by atoms with Crippen molar-refractivity contribution in [2.75, 3.05) is 6.61 Å². The van der Waals surface area contributed by atoms with E-state index in [1.165, 1.54) is 50.5 Å². The third-order valence-electron chi connectivity index (χ3n) is 4.16. The van der Waals surface area contributed by atoms with Gasteiger partial charge in [-0.25, -0.2) is 4.98 Å². The van der Waals surface area contributed by atoms with Gasteiger partial charge in [0.15, 0.2) is 0 Å². The quantitative estimate of drug-likeness (QED) is 0.428. The monoisotopic (exact) mass is 335 g/mol. The van der Waals surface area contributed by atoms with E-state index in [0.29, 0.717) is 6.61 Å². The molecule has 0 unspecified atom stereocenters. The van der Waals surface area contributed by atoms with Gasteiger partial charge in [-0.3, -0.25) is 0 Å². The van der Waals surface area contributed by atoms with Crippen LogP contribution in [0.3, 0.4) is 0 Å². The zero-order valence-corrected chi connectivity index (χ0v) is 15.6. The second kappa shape index (κ2) is 11.3. The van der Waals surface area contributed by atoms with Gasteiger partial charge >= 0.3 is 0 Å². The first-order valence-electron chi connectivity index (χ1n) is 9.51. The van der Waals surface area contributed by atoms with Gasteiger partial charge in [0.1, 0.15) is 11.4 Å². The molecule has 1 aromatic heterocycles. The van der Waals surface area contributed by atoms with Crippen molar-refractivity contribution in [1.82, 2.24) is 4.98 Å². The lowest BCUT2D eigenvalue weighted by molar-refractivity contribution is 0.339. The fourth-order valence-electron chi connectivity index (χ4n) is 2.71. The number of ether oxygens (including phenoxy) is 1. The number of aromatic nitrogens is 1. The number of nitrogens with zero attached hydrogens (tertiary/aromatic N) is 1. The summed E-state index contributed by atoms with van der Waals surface area (Å²) < 4.78 is 5.39. The molecule has 132 valence electrons. The second-order valence-corrected chi connectivity index (χ2v) is 6.28. The Bertz CT molecular complexity index is 662. The highest BCUT2D eigenvalue weighted by Gasteiger charge is 1.96. The lowest BCUT2D eigenvalue weighted by Gasteiger charge is -2.02. The van der Waals surface area contributed by atoms with E-state index in [0.717, 1.165) is 17.0 Å². The molecule has 0 aliphatic carbocycles. The van der Waals surface area contributed by atoms with Crippen molar-refractivity contribution < 1.29 is 4.74 Å². The van der Waals surface area contributed by atoms with Gasteiger partial charge in [-0.1, -0.05) is 57.1 Å². The minimum atomic E-state index is 0.651. The van der Waals surface area contributed by atoms with E-state index in [1.54, 1.807) is 6.20 Å². The molecule has 0 saturated carbocycles. The summed E-state index contributed by atoms with van der Waals surface area (Å²) in [6.07, 6.45) is 10.9. The highest BCUT2D eigenvalue weighted by Crippen LogP contribution is 2.11. The SMILES string of the molecule is CCCCCCCCc1ccc(C#Cc2ccc(OCC)cn2)cc1. The lowest BCUT2D eigenvalue weighted by Crippen LogP contribution is -1.92. The van der Waals surface area contributed by atoms with Gasteiger partial charge in [0.25, 0.3) is 0 Å². The van der Waals surface area contributed by atoms with Crippen molar-refractivity contribution >= 4 is 0 Å². The molecule has 2 heteroatoms. The molecule has 0 atom stereocenters. The van der Waals surface area contributed by atoms with Crippen LogP contribution in [0.2, 0.25) is 0 Å². The van der Waals surface area contributed by atoms with Crippen LogP contribution in [0.25, 0.3) is 0 Å². The van der Waals surface area contributed by atoms with Gasteiger partial charge in [-0.05, 0) is 55.5 Å². The van der Waals surface area contributed by atoms with Crippen molar-refractivity contribution in [3.8, 4) is 17.6 Å². The van der Waals surface area contributed by atoms with Gasteiger partial charge in [0.05, 0.1) is 12.8 Å². The first-order chi connectivity index (χ1) is 12.3. The predicted molar refractivity (Wildman–Crippen MR) is 105 cm³/mol. The van der Waals surface area contributed by atoms with Crippen LogP contribution in [0.4, 0.5) is 0 Å². The summed E-state index contributed by atoms with van der Waals surface area (Å²) in [6.45, 7) is 4.87. The lowest BCUT2D eigenvalue weighted by atomic mass is 10.0. The molecule has 2 aromatic rings. The molecule has 25 heavy (non-hydrogen) atoms. The standard InChI is InChI=1S/C23H29NO/c1-3-5-6-7-8-9-10-20-11-13-21(14-12-20)15-16-22-17-18-23(19-24-22)25-4-2/h11-14,17-19H,3-10H2,1-2H3. The van der Waals surface area contributed by atoms with Gasteiger partial charge in [-0.15, -0.1) is 0 Å². The van der Waals surface area contributed by atoms with E-state index in [2.05, 4.69) is 48.0 Å². The van der Waals surface area contributed by atoms with Crippen molar-refractivity contribution in [3.63, 3.8) is 0 Å². The zero-order valence-electron chi connectivity index (χ0n) is 15.6. The molecule has 0 fully saturated rings. The number of unbranched alkanes of at least 4 members (excludes halogenated alkanes) is 5. The highest BCUT2D eigenvalue weighted by atomic mass is 16.5. The van der Waals surface area contributed by atoms with Crippen molar-refractivity contribution in [2.24, 2.45) is 0 Å². The minimum absolute atomic E-state index is 0.651. The Balaban J connectivity index is 1.80. The third-order valence-corrected chi connectivity index (χ3v) is 4.16. The highest BCUT2D eigenvalue weighted by molar-refractivity contribution is 5.41. The van der Waals surface area contributed by atoms with Crippen molar-refractivity contribution in [3.05, 3.63) is 59.4 Å². The van der Waals surface area contributed by atoms with Crippen LogP contribution in [0.5, 0.6) is 5.75 Å². The molecule has 2 rings (SSSR count). The van der Waals surface area contributed by atoms with Crippen LogP contribution in [0, 0.1) is 11.8 Å². The van der Waals surface area contributed by atoms with E-state index >= 15 is 0 Å². The fourth-order valence-corrected chi connectivity index (χ4v) is 2.71. The summed E-state index contributed by atoms with van der Waals surface area (Å²) in [5, 5.41) is 0. The molecule has 1 aromatic carbocycles. The maximum atomic E-state index is 5.39. The van der Waals surface area contributed by atoms with Crippen LogP contribution in [0.1, 0.15) is 69.2 Å². The molecule has 2 nitrogen and oxygen atoms in total. The molecule has 0 amide bonds. The Kier molecular flexibility index (Phi) is 8.63. The molecule has 0 N–H and O–H groups in total. The Morgan fingerprint density at radius 2 is 1.60 bits per heavy atom. The topological polar surface area (TPSA) is 22.1 Å². The average molecular weight is 335 g/mol. The molecule has 0 saturated heterocycles. The molecule has 0 bridgehead atoms. The van der Waals surface area contributed by atoms with Crippen LogP contribution in [-0.2, 0) is 6.42 Å². The molecular weight excluding hydrogens is 306 g/mol. The maximum absolute atomic E-state index is 5.39. The second-order valence-electron chi connectivity index (χ2n) is 6.28. The molecule has 0 spiro atoms. The van der Waals surface area contributed by atoms with E-state index in [9.17, 15) is 0 Å². The summed E-state index contributed by atoms with van der Waals surface area (Å²) in [5.41, 5.74) is 3.20. The molecule has 0 radical (unpaired) electrons. The number of rotatable bonds is 9. The summed E-state index contributed by atoms with van der Waals surface area (Å²) >= 11 is 0. The van der Waals surface area contributed by atoms with Crippen LogP contribution in [-0.4, -0.2) is 11.6 Å². The molecular formula is C23H29NO. The van der Waals surface area contributed by atoms with Crippen LogP contribution in [0.15, 0.2) is 42.6 Å². The van der Waals surface area contributed by atoms with Crippen molar-refractivity contribution in [2.45, 2.75) is 58.8 Å². The smallest absolute Gasteiger partial charge is 0.137 e. The molecule has 0 aliphatic heterocycles. The van der Waals surface area contributed by atoms with Crippen LogP contribution < -0.4 is 4.74 Å². The summed E-state index contributed by atoms with van der Waals surface area (Å²) in [4.78, 5) is 4.30. The third kappa shape index (κ3) is 7.44. The zero-order chi connectivity index (χ0) is 17.7.